The van der Waals surface area contributed by atoms with Crippen molar-refractivity contribution in [3.05, 3.63) is 71.8 Å². The zero-order chi connectivity index (χ0) is 26.6. The minimum Gasteiger partial charge on any atom is -0.376 e. The Labute approximate surface area is 220 Å². The summed E-state index contributed by atoms with van der Waals surface area (Å²) in [5.41, 5.74) is 6.24. The zero-order valence-corrected chi connectivity index (χ0v) is 22.2. The van der Waals surface area contributed by atoms with Gasteiger partial charge < -0.3 is 20.3 Å². The highest BCUT2D eigenvalue weighted by atomic mass is 16.5. The highest BCUT2D eigenvalue weighted by Gasteiger charge is 2.56. The van der Waals surface area contributed by atoms with Crippen LogP contribution in [0.1, 0.15) is 50.2 Å². The lowest BCUT2D eigenvalue weighted by atomic mass is 9.68. The topological polar surface area (TPSA) is 92.9 Å². The van der Waals surface area contributed by atoms with Gasteiger partial charge in [0.25, 0.3) is 0 Å². The number of hydrogen-bond acceptors (Lipinski definition) is 4. The number of ether oxygens (including phenoxy) is 1. The monoisotopic (exact) mass is 505 g/mol. The highest BCUT2D eigenvalue weighted by Crippen LogP contribution is 2.49. The Bertz CT molecular complexity index is 1110. The van der Waals surface area contributed by atoms with Gasteiger partial charge in [-0.05, 0) is 37.3 Å². The summed E-state index contributed by atoms with van der Waals surface area (Å²) >= 11 is 0. The van der Waals surface area contributed by atoms with Crippen LogP contribution in [-0.2, 0) is 25.7 Å². The molecule has 2 aliphatic rings. The van der Waals surface area contributed by atoms with Crippen molar-refractivity contribution in [3.8, 4) is 0 Å². The Morgan fingerprint density at radius 1 is 1.14 bits per heavy atom. The second kappa shape index (κ2) is 11.1. The summed E-state index contributed by atoms with van der Waals surface area (Å²) in [5, 5.41) is 0. The van der Waals surface area contributed by atoms with Crippen LogP contribution in [0.3, 0.4) is 0 Å². The molecule has 2 aromatic carbocycles. The first-order valence-electron chi connectivity index (χ1n) is 13.2. The Morgan fingerprint density at radius 3 is 2.41 bits per heavy atom. The Morgan fingerprint density at radius 2 is 1.78 bits per heavy atom. The van der Waals surface area contributed by atoms with Crippen molar-refractivity contribution in [2.45, 2.75) is 45.6 Å². The van der Waals surface area contributed by atoms with Crippen LogP contribution in [0.15, 0.2) is 60.7 Å². The van der Waals surface area contributed by atoms with Crippen molar-refractivity contribution in [1.29, 1.82) is 0 Å². The average molecular weight is 506 g/mol. The van der Waals surface area contributed by atoms with Crippen LogP contribution in [0.2, 0.25) is 0 Å². The largest absolute Gasteiger partial charge is 0.376 e. The molecule has 2 heterocycles. The molecule has 2 fully saturated rings. The number of primary amides is 1. The maximum atomic E-state index is 14.1. The van der Waals surface area contributed by atoms with Gasteiger partial charge in [0, 0.05) is 32.6 Å². The van der Waals surface area contributed by atoms with Crippen molar-refractivity contribution in [2.75, 3.05) is 33.3 Å². The molecule has 2 N–H and O–H groups in total. The zero-order valence-electron chi connectivity index (χ0n) is 22.2. The molecular weight excluding hydrogens is 466 g/mol. The van der Waals surface area contributed by atoms with Crippen molar-refractivity contribution in [1.82, 2.24) is 9.80 Å². The van der Waals surface area contributed by atoms with Gasteiger partial charge in [-0.15, -0.1) is 0 Å². The van der Waals surface area contributed by atoms with Crippen molar-refractivity contribution in [3.63, 3.8) is 0 Å². The Kier molecular flexibility index (Phi) is 8.02. The van der Waals surface area contributed by atoms with E-state index >= 15 is 0 Å². The maximum absolute atomic E-state index is 14.1. The van der Waals surface area contributed by atoms with Crippen molar-refractivity contribution >= 4 is 17.7 Å². The van der Waals surface area contributed by atoms with Gasteiger partial charge in [-0.2, -0.15) is 0 Å². The van der Waals surface area contributed by atoms with E-state index in [4.69, 9.17) is 10.5 Å². The molecule has 2 saturated heterocycles. The molecule has 0 saturated carbocycles. The van der Waals surface area contributed by atoms with Crippen LogP contribution >= 0.6 is 0 Å². The third kappa shape index (κ3) is 5.14. The molecule has 37 heavy (non-hydrogen) atoms. The molecule has 1 spiro atoms. The Hall–Kier alpha value is -3.19. The fourth-order valence-electron chi connectivity index (χ4n) is 6.11. The van der Waals surface area contributed by atoms with Gasteiger partial charge in [0.1, 0.15) is 0 Å². The maximum Gasteiger partial charge on any atom is 0.231 e. The van der Waals surface area contributed by atoms with Gasteiger partial charge in [0.15, 0.2) is 0 Å². The standard InChI is InChI=1S/C30H39N3O4/c1-4-29(2,27(31)35)25(20-37-19-22-12-7-5-8-13-22)26(34)33-17-11-16-30(21-33)24(18-32(3)28(30)36)23-14-9-6-10-15-23/h5-10,12-15,24-25H,4,11,16-21H2,1-3H3,(H2,31,35)/t24?,25-,29?,30?/m1/s1. The third-order valence-corrected chi connectivity index (χ3v) is 8.69. The number of piperidine rings is 1. The molecule has 0 bridgehead atoms. The lowest BCUT2D eigenvalue weighted by Gasteiger charge is -2.45. The first-order chi connectivity index (χ1) is 17.7. The molecule has 2 aliphatic heterocycles. The number of amides is 3. The van der Waals surface area contributed by atoms with Gasteiger partial charge in [0.05, 0.1) is 30.0 Å². The number of likely N-dealkylation sites (N-methyl/N-ethyl adjacent to an activating group) is 1. The molecule has 198 valence electrons. The van der Waals surface area contributed by atoms with E-state index in [9.17, 15) is 14.4 Å². The lowest BCUT2D eigenvalue weighted by Crippen LogP contribution is -2.56. The van der Waals surface area contributed by atoms with E-state index < -0.39 is 22.7 Å². The number of rotatable bonds is 9. The van der Waals surface area contributed by atoms with Crippen LogP contribution in [0.5, 0.6) is 0 Å². The number of nitrogens with two attached hydrogens (primary N) is 1. The number of carbonyl (C=O) groups excluding carboxylic acids is 3. The fraction of sp³-hybridized carbons (Fsp3) is 0.500. The molecule has 0 aliphatic carbocycles. The number of nitrogens with zero attached hydrogens (tertiary/aromatic N) is 2. The van der Waals surface area contributed by atoms with Gasteiger partial charge in [-0.1, -0.05) is 67.6 Å². The van der Waals surface area contributed by atoms with E-state index in [0.717, 1.165) is 24.0 Å². The molecule has 7 heteroatoms. The summed E-state index contributed by atoms with van der Waals surface area (Å²) in [5.74, 6) is -1.32. The summed E-state index contributed by atoms with van der Waals surface area (Å²) < 4.78 is 6.01. The predicted octanol–water partition coefficient (Wildman–Crippen LogP) is 3.59. The van der Waals surface area contributed by atoms with E-state index in [2.05, 4.69) is 12.1 Å². The molecule has 3 unspecified atom stereocenters. The molecule has 2 aromatic rings. The first kappa shape index (κ1) is 26.9. The normalized spacial score (nSPS) is 24.2. The van der Waals surface area contributed by atoms with Crippen LogP contribution < -0.4 is 5.73 Å². The molecule has 0 radical (unpaired) electrons. The summed E-state index contributed by atoms with van der Waals surface area (Å²) in [6, 6.07) is 19.8. The lowest BCUT2D eigenvalue weighted by molar-refractivity contribution is -0.155. The number of hydrogen-bond donors (Lipinski definition) is 1. The molecule has 0 aromatic heterocycles. The molecule has 3 amide bonds. The van der Waals surface area contributed by atoms with Crippen LogP contribution in [-0.4, -0.2) is 60.8 Å². The molecular formula is C30H39N3O4. The quantitative estimate of drug-likeness (QED) is 0.564. The van der Waals surface area contributed by atoms with Gasteiger partial charge in [0.2, 0.25) is 17.7 Å². The van der Waals surface area contributed by atoms with Crippen molar-refractivity contribution < 1.29 is 19.1 Å². The van der Waals surface area contributed by atoms with E-state index in [0.29, 0.717) is 32.7 Å². The number of likely N-dealkylation sites (tertiary alicyclic amines) is 2. The highest BCUT2D eigenvalue weighted by molar-refractivity contribution is 5.91. The van der Waals surface area contributed by atoms with Crippen LogP contribution in [0, 0.1) is 16.7 Å². The number of carbonyl (C=O) groups is 3. The second-order valence-electron chi connectivity index (χ2n) is 10.9. The SMILES string of the molecule is CCC(C)(C(N)=O)[C@H](COCc1ccccc1)C(=O)N1CCCC2(C1)C(=O)N(C)CC2c1ccccc1. The molecule has 4 atom stereocenters. The molecule has 4 rings (SSSR count). The van der Waals surface area contributed by atoms with Gasteiger partial charge in [-0.25, -0.2) is 0 Å². The summed E-state index contributed by atoms with van der Waals surface area (Å²) in [4.78, 5) is 43.9. The van der Waals surface area contributed by atoms with E-state index in [1.807, 2.05) is 62.5 Å². The van der Waals surface area contributed by atoms with Crippen LogP contribution in [0.25, 0.3) is 0 Å². The van der Waals surface area contributed by atoms with E-state index in [1.165, 1.54) is 0 Å². The van der Waals surface area contributed by atoms with E-state index in [-0.39, 0.29) is 24.3 Å². The third-order valence-electron chi connectivity index (χ3n) is 8.69. The number of benzene rings is 2. The summed E-state index contributed by atoms with van der Waals surface area (Å²) in [6.07, 6.45) is 1.88. The van der Waals surface area contributed by atoms with Gasteiger partial charge >= 0.3 is 0 Å². The molecule has 7 nitrogen and oxygen atoms in total. The van der Waals surface area contributed by atoms with Crippen LogP contribution in [0.4, 0.5) is 0 Å². The minimum absolute atomic E-state index is 0.00304. The smallest absolute Gasteiger partial charge is 0.231 e. The predicted molar refractivity (Wildman–Crippen MR) is 142 cm³/mol. The summed E-state index contributed by atoms with van der Waals surface area (Å²) in [7, 11) is 1.84. The summed E-state index contributed by atoms with van der Waals surface area (Å²) in [6.45, 7) is 5.57. The van der Waals surface area contributed by atoms with Gasteiger partial charge in [-0.3, -0.25) is 14.4 Å². The fourth-order valence-corrected chi connectivity index (χ4v) is 6.11. The van der Waals surface area contributed by atoms with E-state index in [1.54, 1.807) is 16.7 Å². The minimum atomic E-state index is -1.06. The Balaban J connectivity index is 1.60. The first-order valence-corrected chi connectivity index (χ1v) is 13.2. The second-order valence-corrected chi connectivity index (χ2v) is 10.9. The van der Waals surface area contributed by atoms with Crippen molar-refractivity contribution in [2.24, 2.45) is 22.5 Å². The average Bonchev–Trinajstić information content (AvgIpc) is 3.16.